The first-order valence-electron chi connectivity index (χ1n) is 7.60. The van der Waals surface area contributed by atoms with Crippen LogP contribution in [0.25, 0.3) is 0 Å². The maximum absolute atomic E-state index is 10.7. The number of non-ortho nitro benzene ring substituents is 1. The van der Waals surface area contributed by atoms with Gasteiger partial charge < -0.3 is 15.0 Å². The van der Waals surface area contributed by atoms with Crippen molar-refractivity contribution < 1.29 is 9.66 Å². The van der Waals surface area contributed by atoms with Crippen LogP contribution in [-0.4, -0.2) is 30.7 Å². The van der Waals surface area contributed by atoms with Crippen LogP contribution in [0.1, 0.15) is 6.92 Å². The molecule has 1 fully saturated rings. The first kappa shape index (κ1) is 15.3. The second-order valence-corrected chi connectivity index (χ2v) is 5.60. The zero-order valence-electron chi connectivity index (χ0n) is 12.9. The molecule has 23 heavy (non-hydrogen) atoms. The van der Waals surface area contributed by atoms with Gasteiger partial charge in [0.2, 0.25) is 0 Å². The van der Waals surface area contributed by atoms with E-state index >= 15 is 0 Å². The van der Waals surface area contributed by atoms with Crippen LogP contribution in [0, 0.1) is 10.1 Å². The molecule has 0 bridgehead atoms. The third-order valence-electron chi connectivity index (χ3n) is 3.84. The third-order valence-corrected chi connectivity index (χ3v) is 3.84. The number of rotatable bonds is 4. The standard InChI is InChI=1S/C17H19N3O3/c1-13-12-19(10-11-23-13)16-6-2-14(3-7-16)18-15-4-8-17(9-5-15)20(21)22/h2-9,13,18H,10-12H2,1H3. The van der Waals surface area contributed by atoms with Crippen LogP contribution in [0.5, 0.6) is 0 Å². The van der Waals surface area contributed by atoms with Crippen LogP contribution in [0.4, 0.5) is 22.7 Å². The van der Waals surface area contributed by atoms with E-state index in [1.54, 1.807) is 12.1 Å². The predicted octanol–water partition coefficient (Wildman–Crippen LogP) is 3.56. The van der Waals surface area contributed by atoms with Gasteiger partial charge in [0.25, 0.3) is 5.69 Å². The van der Waals surface area contributed by atoms with Crippen LogP contribution >= 0.6 is 0 Å². The average molecular weight is 313 g/mol. The molecule has 1 aliphatic heterocycles. The second kappa shape index (κ2) is 6.66. The maximum atomic E-state index is 10.7. The molecule has 6 nitrogen and oxygen atoms in total. The Morgan fingerprint density at radius 2 is 1.74 bits per heavy atom. The first-order chi connectivity index (χ1) is 11.1. The van der Waals surface area contributed by atoms with Crippen LogP contribution < -0.4 is 10.2 Å². The average Bonchev–Trinajstić information content (AvgIpc) is 2.56. The summed E-state index contributed by atoms with van der Waals surface area (Å²) in [6.45, 7) is 4.63. The van der Waals surface area contributed by atoms with E-state index in [1.807, 2.05) is 12.1 Å². The summed E-state index contributed by atoms with van der Waals surface area (Å²) in [6, 6.07) is 14.6. The Hall–Kier alpha value is -2.60. The van der Waals surface area contributed by atoms with E-state index in [2.05, 4.69) is 29.3 Å². The highest BCUT2D eigenvalue weighted by molar-refractivity contribution is 5.63. The fraction of sp³-hybridized carbons (Fsp3) is 0.294. The molecule has 1 heterocycles. The fourth-order valence-corrected chi connectivity index (χ4v) is 2.64. The van der Waals surface area contributed by atoms with Crippen LogP contribution in [0.2, 0.25) is 0 Å². The highest BCUT2D eigenvalue weighted by atomic mass is 16.6. The van der Waals surface area contributed by atoms with Gasteiger partial charge in [-0.05, 0) is 43.3 Å². The summed E-state index contributed by atoms with van der Waals surface area (Å²) in [5.41, 5.74) is 3.04. The molecule has 0 aliphatic carbocycles. The molecule has 3 rings (SSSR count). The van der Waals surface area contributed by atoms with Crippen molar-refractivity contribution in [2.24, 2.45) is 0 Å². The van der Waals surface area contributed by atoms with Crippen molar-refractivity contribution in [2.75, 3.05) is 29.9 Å². The molecule has 1 aliphatic rings. The number of nitrogens with zero attached hydrogens (tertiary/aromatic N) is 2. The Balaban J connectivity index is 1.66. The Bertz CT molecular complexity index is 670. The molecule has 0 aromatic heterocycles. The number of nitro groups is 1. The molecule has 2 aromatic rings. The fourth-order valence-electron chi connectivity index (χ4n) is 2.64. The summed E-state index contributed by atoms with van der Waals surface area (Å²) in [4.78, 5) is 12.6. The summed E-state index contributed by atoms with van der Waals surface area (Å²) < 4.78 is 5.56. The van der Waals surface area contributed by atoms with Crippen LogP contribution in [-0.2, 0) is 4.74 Å². The van der Waals surface area contributed by atoms with E-state index in [-0.39, 0.29) is 11.8 Å². The van der Waals surface area contributed by atoms with Gasteiger partial charge in [-0.2, -0.15) is 0 Å². The molecule has 1 N–H and O–H groups in total. The Labute approximate surface area is 134 Å². The minimum absolute atomic E-state index is 0.0901. The molecule has 0 amide bonds. The number of nitrogens with one attached hydrogen (secondary N) is 1. The quantitative estimate of drug-likeness (QED) is 0.690. The monoisotopic (exact) mass is 313 g/mol. The highest BCUT2D eigenvalue weighted by Crippen LogP contribution is 2.24. The number of hydrogen-bond acceptors (Lipinski definition) is 5. The minimum Gasteiger partial charge on any atom is -0.375 e. The molecule has 120 valence electrons. The van der Waals surface area contributed by atoms with E-state index in [9.17, 15) is 10.1 Å². The van der Waals surface area contributed by atoms with Gasteiger partial charge in [0, 0.05) is 42.3 Å². The SMILES string of the molecule is CC1CN(c2ccc(Nc3ccc([N+](=O)[O-])cc3)cc2)CCO1. The summed E-state index contributed by atoms with van der Waals surface area (Å²) in [6.07, 6.45) is 0.252. The van der Waals surface area contributed by atoms with Gasteiger partial charge in [0.05, 0.1) is 17.6 Å². The van der Waals surface area contributed by atoms with Gasteiger partial charge in [-0.3, -0.25) is 10.1 Å². The van der Waals surface area contributed by atoms with Crippen molar-refractivity contribution in [1.29, 1.82) is 0 Å². The number of morpholine rings is 1. The first-order valence-corrected chi connectivity index (χ1v) is 7.60. The zero-order valence-corrected chi connectivity index (χ0v) is 12.9. The van der Waals surface area contributed by atoms with Crippen molar-refractivity contribution in [3.8, 4) is 0 Å². The minimum atomic E-state index is -0.401. The summed E-state index contributed by atoms with van der Waals surface area (Å²) in [5.74, 6) is 0. The molecule has 0 saturated carbocycles. The summed E-state index contributed by atoms with van der Waals surface area (Å²) in [5, 5.41) is 13.9. The van der Waals surface area contributed by atoms with Gasteiger partial charge in [-0.25, -0.2) is 0 Å². The molecule has 0 radical (unpaired) electrons. The van der Waals surface area contributed by atoms with Gasteiger partial charge in [0.15, 0.2) is 0 Å². The second-order valence-electron chi connectivity index (χ2n) is 5.60. The van der Waals surface area contributed by atoms with Crippen LogP contribution in [0.15, 0.2) is 48.5 Å². The lowest BCUT2D eigenvalue weighted by Gasteiger charge is -2.33. The molecule has 1 saturated heterocycles. The summed E-state index contributed by atoms with van der Waals surface area (Å²) >= 11 is 0. The van der Waals surface area contributed by atoms with Crippen molar-refractivity contribution in [2.45, 2.75) is 13.0 Å². The maximum Gasteiger partial charge on any atom is 0.269 e. The topological polar surface area (TPSA) is 67.6 Å². The smallest absolute Gasteiger partial charge is 0.269 e. The normalized spacial score (nSPS) is 17.8. The van der Waals surface area contributed by atoms with Crippen molar-refractivity contribution in [3.05, 3.63) is 58.6 Å². The summed E-state index contributed by atoms with van der Waals surface area (Å²) in [7, 11) is 0. The number of hydrogen-bond donors (Lipinski definition) is 1. The molecule has 6 heteroatoms. The zero-order chi connectivity index (χ0) is 16.2. The van der Waals surface area contributed by atoms with Crippen LogP contribution in [0.3, 0.4) is 0 Å². The van der Waals surface area contributed by atoms with E-state index in [0.29, 0.717) is 0 Å². The lowest BCUT2D eigenvalue weighted by Crippen LogP contribution is -2.41. The molecule has 2 aromatic carbocycles. The lowest BCUT2D eigenvalue weighted by atomic mass is 10.2. The number of anilines is 3. The third kappa shape index (κ3) is 3.78. The van der Waals surface area contributed by atoms with Crippen molar-refractivity contribution in [1.82, 2.24) is 0 Å². The van der Waals surface area contributed by atoms with E-state index in [4.69, 9.17) is 4.74 Å². The Kier molecular flexibility index (Phi) is 4.43. The molecular formula is C17H19N3O3. The van der Waals surface area contributed by atoms with E-state index < -0.39 is 4.92 Å². The Morgan fingerprint density at radius 1 is 1.13 bits per heavy atom. The number of ether oxygens (including phenoxy) is 1. The highest BCUT2D eigenvalue weighted by Gasteiger charge is 2.16. The largest absolute Gasteiger partial charge is 0.375 e. The van der Waals surface area contributed by atoms with Crippen molar-refractivity contribution >= 4 is 22.7 Å². The van der Waals surface area contributed by atoms with Gasteiger partial charge in [-0.15, -0.1) is 0 Å². The number of benzene rings is 2. The van der Waals surface area contributed by atoms with Gasteiger partial charge in [0.1, 0.15) is 0 Å². The molecular weight excluding hydrogens is 294 g/mol. The predicted molar refractivity (Wildman–Crippen MR) is 90.4 cm³/mol. The lowest BCUT2D eigenvalue weighted by molar-refractivity contribution is -0.384. The van der Waals surface area contributed by atoms with E-state index in [0.717, 1.165) is 31.1 Å². The Morgan fingerprint density at radius 3 is 2.30 bits per heavy atom. The van der Waals surface area contributed by atoms with Gasteiger partial charge >= 0.3 is 0 Å². The van der Waals surface area contributed by atoms with Crippen molar-refractivity contribution in [3.63, 3.8) is 0 Å². The molecule has 0 spiro atoms. The number of nitro benzene ring substituents is 1. The molecule has 1 atom stereocenters. The van der Waals surface area contributed by atoms with E-state index in [1.165, 1.54) is 17.8 Å². The van der Waals surface area contributed by atoms with Gasteiger partial charge in [-0.1, -0.05) is 0 Å². The molecule has 1 unspecified atom stereocenters.